The minimum atomic E-state index is 0. The van der Waals surface area contributed by atoms with Crippen molar-refractivity contribution in [3.63, 3.8) is 0 Å². The van der Waals surface area contributed by atoms with Crippen LogP contribution in [-0.4, -0.2) is 5.54 Å². The molecule has 0 aliphatic rings. The Hall–Kier alpha value is -2.74. The maximum absolute atomic E-state index is 3.38. The van der Waals surface area contributed by atoms with E-state index in [-0.39, 0.29) is 49.1 Å². The van der Waals surface area contributed by atoms with E-state index in [0.29, 0.717) is 5.41 Å². The molecule has 0 heterocycles. The van der Waals surface area contributed by atoms with E-state index in [1.807, 2.05) is 110 Å². The molecule has 0 saturated carbocycles. The number of hydrogen-bond donors (Lipinski definition) is 1. The summed E-state index contributed by atoms with van der Waals surface area (Å²) in [5.41, 5.74) is 5.79. The van der Waals surface area contributed by atoms with E-state index in [4.69, 9.17) is 0 Å². The van der Waals surface area contributed by atoms with Crippen LogP contribution in [0.3, 0.4) is 0 Å². The average Bonchev–Trinajstić information content (AvgIpc) is 3.14. The van der Waals surface area contributed by atoms with Crippen LogP contribution in [0.4, 0.5) is 5.69 Å². The molecule has 4 aromatic carbocycles. The van der Waals surface area contributed by atoms with Gasteiger partial charge in [0.05, 0.1) is 0 Å². The summed E-state index contributed by atoms with van der Waals surface area (Å²) >= 11 is 0. The second kappa shape index (κ2) is 35.9. The van der Waals surface area contributed by atoms with Crippen molar-refractivity contribution >= 4 is 17.8 Å². The van der Waals surface area contributed by atoms with Crippen LogP contribution in [-0.2, 0) is 38.1 Å². The molecule has 0 aliphatic carbocycles. The molecule has 1 nitrogen and oxygen atoms in total. The molecule has 1 N–H and O–H groups in total. The molecule has 0 aromatic heterocycles. The molecule has 301 valence electrons. The van der Waals surface area contributed by atoms with Gasteiger partial charge in [-0.2, -0.15) is 12.1 Å². The fraction of sp³-hybridized carbons (Fsp3) is 0.462. The molecular weight excluding hydrogens is 727 g/mol. The maximum Gasteiger partial charge on any atom is 0.0344 e. The molecule has 4 rings (SSSR count). The first kappa shape index (κ1) is 60.5. The zero-order valence-corrected chi connectivity index (χ0v) is 41.6. The predicted octanol–water partition coefficient (Wildman–Crippen LogP) is 17.1. The van der Waals surface area contributed by atoms with E-state index >= 15 is 0 Å². The van der Waals surface area contributed by atoms with Gasteiger partial charge < -0.3 is 23.0 Å². The van der Waals surface area contributed by atoms with Gasteiger partial charge in [0.1, 0.15) is 0 Å². The van der Waals surface area contributed by atoms with Crippen molar-refractivity contribution in [1.29, 1.82) is 0 Å². The third-order valence-electron chi connectivity index (χ3n) is 5.90. The van der Waals surface area contributed by atoms with Gasteiger partial charge in [0.25, 0.3) is 0 Å². The van der Waals surface area contributed by atoms with E-state index < -0.39 is 0 Å². The van der Waals surface area contributed by atoms with Crippen LogP contribution in [0.1, 0.15) is 155 Å². The van der Waals surface area contributed by atoms with Crippen LogP contribution in [0.15, 0.2) is 121 Å². The van der Waals surface area contributed by atoms with Crippen LogP contribution in [0.2, 0.25) is 0 Å². The number of hydrogen-bond acceptors (Lipinski definition) is 1. The Bertz CT molecular complexity index is 1290. The van der Waals surface area contributed by atoms with Crippen molar-refractivity contribution in [2.45, 2.75) is 149 Å². The Morgan fingerprint density at radius 2 is 0.926 bits per heavy atom. The van der Waals surface area contributed by atoms with Gasteiger partial charge in [0.15, 0.2) is 0 Å². The summed E-state index contributed by atoms with van der Waals surface area (Å²) in [6, 6.07) is 42.2. The molecule has 4 aromatic rings. The Balaban J connectivity index is -0.000000185. The van der Waals surface area contributed by atoms with Gasteiger partial charge in [-0.1, -0.05) is 209 Å². The first-order valence-electron chi connectivity index (χ1n) is 20.0. The molecule has 0 unspecified atom stereocenters. The van der Waals surface area contributed by atoms with Gasteiger partial charge in [0.2, 0.25) is 0 Å². The summed E-state index contributed by atoms with van der Waals surface area (Å²) in [5.74, 6) is 0. The SMILES string of the molecule is CC.CC.CC.CC.CC(C)(C)/C=C/c1ccccc1.CC(C)(C)Nc1ccccc1.CC(C)(C)[C-]=Cc1[c-]cccc1.CC(C)(C)c1ccccc1.[Y]. The summed E-state index contributed by atoms with van der Waals surface area (Å²) in [4.78, 5) is 0. The van der Waals surface area contributed by atoms with Crippen molar-refractivity contribution in [2.24, 2.45) is 10.8 Å². The van der Waals surface area contributed by atoms with Crippen LogP contribution >= 0.6 is 0 Å². The van der Waals surface area contributed by atoms with E-state index in [1.54, 1.807) is 0 Å². The number of benzene rings is 4. The van der Waals surface area contributed by atoms with Crippen LogP contribution < -0.4 is 5.32 Å². The number of para-hydroxylation sites is 1. The molecule has 0 amide bonds. The molecule has 0 saturated heterocycles. The topological polar surface area (TPSA) is 12.0 Å². The van der Waals surface area contributed by atoms with E-state index in [2.05, 4.69) is 179 Å². The van der Waals surface area contributed by atoms with Crippen LogP contribution in [0, 0.1) is 23.0 Å². The summed E-state index contributed by atoms with van der Waals surface area (Å²) in [6.07, 6.45) is 9.66. The van der Waals surface area contributed by atoms with Crippen molar-refractivity contribution in [2.75, 3.05) is 5.32 Å². The Labute approximate surface area is 363 Å². The number of rotatable bonds is 3. The molecular formula is C52H83NY-2. The average molecular weight is 811 g/mol. The molecule has 0 fully saturated rings. The second-order valence-electron chi connectivity index (χ2n) is 15.3. The Morgan fingerprint density at radius 3 is 1.26 bits per heavy atom. The van der Waals surface area contributed by atoms with Gasteiger partial charge in [-0.15, -0.1) is 11.5 Å². The Kier molecular flexibility index (Phi) is 40.3. The van der Waals surface area contributed by atoms with Gasteiger partial charge in [0, 0.05) is 43.9 Å². The summed E-state index contributed by atoms with van der Waals surface area (Å²) in [7, 11) is 0. The zero-order valence-electron chi connectivity index (χ0n) is 38.8. The minimum absolute atomic E-state index is 0. The zero-order chi connectivity index (χ0) is 42.0. The molecule has 0 atom stereocenters. The van der Waals surface area contributed by atoms with E-state index in [9.17, 15) is 0 Å². The fourth-order valence-corrected chi connectivity index (χ4v) is 3.59. The molecule has 0 spiro atoms. The smallest absolute Gasteiger partial charge is 0.0344 e. The quantitative estimate of drug-likeness (QED) is 0.203. The van der Waals surface area contributed by atoms with E-state index in [1.165, 1.54) is 16.8 Å². The fourth-order valence-electron chi connectivity index (χ4n) is 3.59. The van der Waals surface area contributed by atoms with Crippen molar-refractivity contribution in [3.8, 4) is 0 Å². The van der Waals surface area contributed by atoms with Crippen LogP contribution in [0.25, 0.3) is 12.2 Å². The molecule has 1 radical (unpaired) electrons. The molecule has 0 bridgehead atoms. The number of allylic oxidation sites excluding steroid dienone is 2. The standard InChI is InChI=1S/C12H16.C12H14.C10H15N.C10H14.4C2H6.Y/c2*1-12(2,3)10-9-11-7-5-4-6-8-11;1-10(2,3)11-9-7-5-4-6-8-9;1-10(2,3)9-7-5-4-6-8-9;4*1-2;/h4-10H,1-3H3;4-7,9H,1-3H3;4-8,11H,1-3H3;4-8H,1-3H3;4*1-2H3;/q;-2;;;;;;;/b10-9+;;;;;;;;. The van der Waals surface area contributed by atoms with Gasteiger partial charge >= 0.3 is 0 Å². The Morgan fingerprint density at radius 1 is 0.519 bits per heavy atom. The first-order valence-corrected chi connectivity index (χ1v) is 20.0. The second-order valence-corrected chi connectivity index (χ2v) is 15.3. The van der Waals surface area contributed by atoms with Crippen molar-refractivity contribution in [1.82, 2.24) is 0 Å². The third-order valence-corrected chi connectivity index (χ3v) is 5.90. The minimum Gasteiger partial charge on any atom is -0.380 e. The molecule has 0 aliphatic heterocycles. The number of anilines is 1. The summed E-state index contributed by atoms with van der Waals surface area (Å²) in [6.45, 7) is 42.1. The maximum atomic E-state index is 3.38. The van der Waals surface area contributed by atoms with Crippen molar-refractivity contribution < 1.29 is 32.7 Å². The summed E-state index contributed by atoms with van der Waals surface area (Å²) < 4.78 is 0. The van der Waals surface area contributed by atoms with Crippen LogP contribution in [0.5, 0.6) is 0 Å². The van der Waals surface area contributed by atoms with Gasteiger partial charge in [-0.3, -0.25) is 0 Å². The first-order chi connectivity index (χ1) is 24.8. The third kappa shape index (κ3) is 42.0. The number of nitrogens with one attached hydrogen (secondary N) is 1. The normalized spacial score (nSPS) is 10.3. The monoisotopic (exact) mass is 811 g/mol. The van der Waals surface area contributed by atoms with Gasteiger partial charge in [-0.05, 0) is 54.9 Å². The van der Waals surface area contributed by atoms with E-state index in [0.717, 1.165) is 5.56 Å². The molecule has 54 heavy (non-hydrogen) atoms. The molecule has 2 heteroatoms. The van der Waals surface area contributed by atoms with Gasteiger partial charge in [-0.25, -0.2) is 12.1 Å². The van der Waals surface area contributed by atoms with Crippen molar-refractivity contribution in [3.05, 3.63) is 150 Å². The largest absolute Gasteiger partial charge is 0.380 e. The summed E-state index contributed by atoms with van der Waals surface area (Å²) in [5, 5.41) is 3.38. The predicted molar refractivity (Wildman–Crippen MR) is 248 cm³/mol.